The summed E-state index contributed by atoms with van der Waals surface area (Å²) < 4.78 is 20.9. The zero-order valence-electron chi connectivity index (χ0n) is 10.5. The fourth-order valence-corrected chi connectivity index (χ4v) is 2.22. The van der Waals surface area contributed by atoms with Crippen LogP contribution in [0.25, 0.3) is 0 Å². The molecule has 0 atom stereocenters. The maximum absolute atomic E-state index is 9.98. The van der Waals surface area contributed by atoms with E-state index in [9.17, 15) is 4.57 Å². The van der Waals surface area contributed by atoms with Crippen LogP contribution in [0.1, 0.15) is 0 Å². The Bertz CT molecular complexity index is 448. The van der Waals surface area contributed by atoms with Gasteiger partial charge in [0.2, 0.25) is 5.06 Å². The van der Waals surface area contributed by atoms with E-state index in [0.29, 0.717) is 24.2 Å². The summed E-state index contributed by atoms with van der Waals surface area (Å²) in [4.78, 5) is 0. The quantitative estimate of drug-likeness (QED) is 0.666. The molecule has 0 unspecified atom stereocenters. The van der Waals surface area contributed by atoms with E-state index in [1.165, 1.54) is 0 Å². The number of aliphatic hydroxyl groups is 1. The molecular formula is C11H17NO4PS+. The molecule has 1 aromatic rings. The van der Waals surface area contributed by atoms with E-state index < -0.39 is 0 Å². The fraction of sp³-hybridized carbons (Fsp3) is 0.545. The van der Waals surface area contributed by atoms with Crippen LogP contribution in [0, 0.1) is 5.75 Å². The van der Waals surface area contributed by atoms with Crippen LogP contribution < -0.4 is 9.47 Å². The average molecular weight is 290 g/mol. The van der Waals surface area contributed by atoms with Crippen LogP contribution in [-0.2, 0) is 4.57 Å². The molecule has 1 aliphatic rings. The summed E-state index contributed by atoms with van der Waals surface area (Å²) in [5.41, 5.74) is 0. The SMILES string of the molecule is C[N+](C)(C#P=O)CCO.c1cc2c(s1)OCCO2. The number of ether oxygens (including phenoxy) is 2. The molecule has 2 rings (SSSR count). The van der Waals surface area contributed by atoms with Crippen molar-refractivity contribution in [3.8, 4) is 16.6 Å². The van der Waals surface area contributed by atoms with Crippen molar-refractivity contribution in [2.75, 3.05) is 40.5 Å². The Kier molecular flexibility index (Phi) is 6.47. The van der Waals surface area contributed by atoms with Gasteiger partial charge in [0.25, 0.3) is 0 Å². The van der Waals surface area contributed by atoms with Gasteiger partial charge in [-0.2, -0.15) is 0 Å². The van der Waals surface area contributed by atoms with Crippen molar-refractivity contribution in [3.63, 3.8) is 0 Å². The van der Waals surface area contributed by atoms with Gasteiger partial charge in [-0.05, 0) is 11.4 Å². The minimum absolute atomic E-state index is 0.0928. The van der Waals surface area contributed by atoms with Crippen LogP contribution in [0.2, 0.25) is 0 Å². The Morgan fingerprint density at radius 1 is 1.50 bits per heavy atom. The third-order valence-corrected chi connectivity index (χ3v) is 3.57. The number of rotatable bonds is 2. The predicted molar refractivity (Wildman–Crippen MR) is 70.9 cm³/mol. The van der Waals surface area contributed by atoms with E-state index >= 15 is 0 Å². The molecule has 0 bridgehead atoms. The third kappa shape index (κ3) is 5.25. The van der Waals surface area contributed by atoms with Crippen molar-refractivity contribution in [2.24, 2.45) is 0 Å². The predicted octanol–water partition coefficient (Wildman–Crippen LogP) is 1.78. The summed E-state index contributed by atoms with van der Waals surface area (Å²) in [6, 6.07) is 1.93. The van der Waals surface area contributed by atoms with Gasteiger partial charge in [-0.15, -0.1) is 11.3 Å². The van der Waals surface area contributed by atoms with Crippen molar-refractivity contribution in [1.29, 1.82) is 0 Å². The van der Waals surface area contributed by atoms with Crippen LogP contribution in [0.3, 0.4) is 0 Å². The van der Waals surface area contributed by atoms with Crippen molar-refractivity contribution >= 4 is 19.3 Å². The van der Waals surface area contributed by atoms with E-state index in [1.54, 1.807) is 11.3 Å². The van der Waals surface area contributed by atoms with Crippen molar-refractivity contribution in [1.82, 2.24) is 0 Å². The number of nitrogens with zero attached hydrogens (tertiary/aromatic N) is 1. The van der Waals surface area contributed by atoms with E-state index in [2.05, 4.69) is 5.75 Å². The maximum atomic E-state index is 9.98. The van der Waals surface area contributed by atoms with Gasteiger partial charge in [0.15, 0.2) is 5.75 Å². The molecule has 100 valence electrons. The first-order valence-electron chi connectivity index (χ1n) is 5.45. The van der Waals surface area contributed by atoms with Gasteiger partial charge in [-0.3, -0.25) is 0 Å². The van der Waals surface area contributed by atoms with Crippen molar-refractivity contribution in [3.05, 3.63) is 11.4 Å². The smallest absolute Gasteiger partial charge is 0.217 e. The Morgan fingerprint density at radius 3 is 2.83 bits per heavy atom. The van der Waals surface area contributed by atoms with Crippen molar-refractivity contribution in [2.45, 2.75) is 0 Å². The molecular weight excluding hydrogens is 273 g/mol. The van der Waals surface area contributed by atoms with Gasteiger partial charge in [0.05, 0.1) is 0 Å². The van der Waals surface area contributed by atoms with Gasteiger partial charge in [-0.25, -0.2) is 0 Å². The molecule has 0 fully saturated rings. The second-order valence-corrected chi connectivity index (χ2v) is 5.35. The van der Waals surface area contributed by atoms with Crippen molar-refractivity contribution < 1.29 is 23.6 Å². The summed E-state index contributed by atoms with van der Waals surface area (Å²) in [5.74, 6) is 3.51. The largest absolute Gasteiger partial charge is 0.485 e. The zero-order valence-corrected chi connectivity index (χ0v) is 12.2. The van der Waals surface area contributed by atoms with Gasteiger partial charge in [0.1, 0.15) is 13.2 Å². The van der Waals surface area contributed by atoms with Crippen LogP contribution in [-0.4, -0.2) is 50.1 Å². The second-order valence-electron chi connectivity index (χ2n) is 4.09. The molecule has 7 heteroatoms. The molecule has 0 aromatic carbocycles. The van der Waals surface area contributed by atoms with Crippen LogP contribution in [0.15, 0.2) is 11.4 Å². The fourth-order valence-electron chi connectivity index (χ4n) is 1.19. The second kappa shape index (κ2) is 7.62. The molecule has 0 radical (unpaired) electrons. The van der Waals surface area contributed by atoms with E-state index in [-0.39, 0.29) is 14.5 Å². The Hall–Kier alpha value is -0.770. The number of likely N-dealkylation sites (N-methyl/N-ethyl adjacent to an activating group) is 1. The first-order chi connectivity index (χ1) is 8.59. The molecule has 0 saturated carbocycles. The average Bonchev–Trinajstić information content (AvgIpc) is 2.77. The molecule has 1 aromatic heterocycles. The van der Waals surface area contributed by atoms with E-state index in [4.69, 9.17) is 14.6 Å². The molecule has 5 nitrogen and oxygen atoms in total. The molecule has 18 heavy (non-hydrogen) atoms. The molecule has 0 spiro atoms. The summed E-state index contributed by atoms with van der Waals surface area (Å²) in [6.07, 6.45) is 0. The summed E-state index contributed by atoms with van der Waals surface area (Å²) in [6.45, 7) is 2.02. The van der Waals surface area contributed by atoms with Crippen LogP contribution >= 0.6 is 19.3 Å². The number of hydrogen-bond donors (Lipinski definition) is 1. The minimum Gasteiger partial charge on any atom is -0.485 e. The minimum atomic E-state index is -0.105. The molecule has 0 aliphatic carbocycles. The molecule has 0 amide bonds. The Labute approximate surface area is 112 Å². The van der Waals surface area contributed by atoms with E-state index in [0.717, 1.165) is 10.8 Å². The number of hydrogen-bond acceptors (Lipinski definition) is 5. The maximum Gasteiger partial charge on any atom is 0.217 e. The topological polar surface area (TPSA) is 55.8 Å². The molecule has 1 aliphatic heterocycles. The first-order valence-corrected chi connectivity index (χ1v) is 7.15. The van der Waals surface area contributed by atoms with Gasteiger partial charge in [-0.1, -0.05) is 0 Å². The van der Waals surface area contributed by atoms with Crippen LogP contribution in [0.5, 0.6) is 10.8 Å². The van der Waals surface area contributed by atoms with Crippen LogP contribution in [0.4, 0.5) is 0 Å². The normalized spacial score (nSPS) is 13.1. The molecule has 0 saturated heterocycles. The first kappa shape index (κ1) is 15.3. The number of aliphatic hydroxyl groups excluding tert-OH is 1. The Morgan fingerprint density at radius 2 is 2.22 bits per heavy atom. The van der Waals surface area contributed by atoms with Gasteiger partial charge >= 0.3 is 55.1 Å². The Balaban J connectivity index is 0.000000180. The number of quaternary nitrogens is 1. The zero-order chi connectivity index (χ0) is 13.4. The summed E-state index contributed by atoms with van der Waals surface area (Å²) in [5, 5.41) is 11.4. The van der Waals surface area contributed by atoms with Gasteiger partial charge < -0.3 is 9.47 Å². The standard InChI is InChI=1S/C6H6O2S.C5H11NO2P/c1-4-9-6-5(1)7-2-3-8-6;1-6(2,3-4-7)5-9-8/h1,4H,2-3H2;7H,3-4H2,1-2H3/q;+1. The third-order valence-electron chi connectivity index (χ3n) is 2.14. The number of fused-ring (bicyclic) bond motifs is 1. The van der Waals surface area contributed by atoms with E-state index in [1.807, 2.05) is 25.5 Å². The molecule has 1 N–H and O–H groups in total. The number of thiophene rings is 1. The molecule has 2 heterocycles. The summed E-state index contributed by atoms with van der Waals surface area (Å²) in [7, 11) is 3.54. The van der Waals surface area contributed by atoms with Gasteiger partial charge in [0, 0.05) is 0 Å². The summed E-state index contributed by atoms with van der Waals surface area (Å²) >= 11 is 1.58. The monoisotopic (exact) mass is 290 g/mol.